The number of phenols is 1. The Bertz CT molecular complexity index is 449. The maximum absolute atomic E-state index is 9.73. The molecule has 120 valence electrons. The van der Waals surface area contributed by atoms with Crippen LogP contribution in [0, 0.1) is 11.8 Å². The average Bonchev–Trinajstić information content (AvgIpc) is 2.40. The molecule has 2 unspecified atom stereocenters. The van der Waals surface area contributed by atoms with Crippen LogP contribution in [0.2, 0.25) is 0 Å². The number of benzene rings is 1. The molecule has 1 aliphatic heterocycles. The molecule has 1 N–H and O–H groups in total. The topological polar surface area (TPSA) is 23.5 Å². The Morgan fingerprint density at radius 2 is 2.10 bits per heavy atom. The van der Waals surface area contributed by atoms with Crippen LogP contribution < -0.4 is 0 Å². The lowest BCUT2D eigenvalue weighted by atomic mass is 9.68. The monoisotopic (exact) mass is 311 g/mol. The van der Waals surface area contributed by atoms with Crippen molar-refractivity contribution in [3.8, 4) is 5.75 Å². The zero-order chi connectivity index (χ0) is 14.8. The van der Waals surface area contributed by atoms with Crippen LogP contribution in [-0.4, -0.2) is 29.6 Å². The highest BCUT2D eigenvalue weighted by molar-refractivity contribution is 5.85. The fourth-order valence-corrected chi connectivity index (χ4v) is 3.25. The highest BCUT2D eigenvalue weighted by Crippen LogP contribution is 2.40. The maximum atomic E-state index is 9.73. The maximum Gasteiger partial charge on any atom is 0.115 e. The first-order valence-corrected chi connectivity index (χ1v) is 7.93. The van der Waals surface area contributed by atoms with Crippen LogP contribution in [0.3, 0.4) is 0 Å². The fraction of sp³-hybridized carbons (Fsp3) is 0.667. The summed E-state index contributed by atoms with van der Waals surface area (Å²) in [5.41, 5.74) is 1.47. The van der Waals surface area contributed by atoms with Crippen molar-refractivity contribution in [3.05, 3.63) is 29.8 Å². The van der Waals surface area contributed by atoms with Crippen molar-refractivity contribution in [1.29, 1.82) is 0 Å². The van der Waals surface area contributed by atoms with E-state index in [2.05, 4.69) is 38.7 Å². The van der Waals surface area contributed by atoms with E-state index < -0.39 is 0 Å². The van der Waals surface area contributed by atoms with Gasteiger partial charge in [0, 0.05) is 6.54 Å². The van der Waals surface area contributed by atoms with E-state index in [0.717, 1.165) is 5.92 Å². The van der Waals surface area contributed by atoms with Gasteiger partial charge in [-0.3, -0.25) is 0 Å². The van der Waals surface area contributed by atoms with Gasteiger partial charge in [-0.25, -0.2) is 0 Å². The van der Waals surface area contributed by atoms with Crippen LogP contribution in [0.5, 0.6) is 5.75 Å². The minimum absolute atomic E-state index is 0. The third-order valence-corrected chi connectivity index (χ3v) is 5.10. The number of nitrogens with zero attached hydrogens (tertiary/aromatic N) is 1. The van der Waals surface area contributed by atoms with Crippen LogP contribution in [0.15, 0.2) is 24.3 Å². The van der Waals surface area contributed by atoms with E-state index >= 15 is 0 Å². The Labute approximate surface area is 136 Å². The van der Waals surface area contributed by atoms with E-state index in [0.29, 0.717) is 11.7 Å². The molecule has 0 amide bonds. The number of rotatable bonds is 4. The van der Waals surface area contributed by atoms with Crippen molar-refractivity contribution >= 4 is 12.4 Å². The van der Waals surface area contributed by atoms with Gasteiger partial charge in [0.1, 0.15) is 5.75 Å². The van der Waals surface area contributed by atoms with Crippen LogP contribution in [0.4, 0.5) is 0 Å². The van der Waals surface area contributed by atoms with Crippen LogP contribution in [0.1, 0.15) is 46.1 Å². The number of hydrogen-bond acceptors (Lipinski definition) is 2. The minimum atomic E-state index is 0. The van der Waals surface area contributed by atoms with Gasteiger partial charge < -0.3 is 10.0 Å². The lowest BCUT2D eigenvalue weighted by molar-refractivity contribution is 0.107. The zero-order valence-electron chi connectivity index (χ0n) is 13.8. The van der Waals surface area contributed by atoms with Crippen LogP contribution in [-0.2, 0) is 5.41 Å². The molecule has 0 saturated carbocycles. The Morgan fingerprint density at radius 1 is 1.38 bits per heavy atom. The van der Waals surface area contributed by atoms with Gasteiger partial charge in [0.25, 0.3) is 0 Å². The number of phenolic OH excluding ortho intramolecular Hbond substituents is 1. The molecule has 21 heavy (non-hydrogen) atoms. The van der Waals surface area contributed by atoms with E-state index in [-0.39, 0.29) is 17.8 Å². The van der Waals surface area contributed by atoms with Gasteiger partial charge in [0.15, 0.2) is 0 Å². The molecule has 0 spiro atoms. The molecular formula is C18H30ClNO. The van der Waals surface area contributed by atoms with E-state index in [9.17, 15) is 5.11 Å². The second-order valence-corrected chi connectivity index (χ2v) is 7.10. The summed E-state index contributed by atoms with van der Waals surface area (Å²) >= 11 is 0. The molecule has 0 aromatic heterocycles. The van der Waals surface area contributed by atoms with Gasteiger partial charge in [-0.1, -0.05) is 39.8 Å². The first-order chi connectivity index (χ1) is 9.41. The third kappa shape index (κ3) is 4.37. The number of halogens is 1. The first kappa shape index (κ1) is 18.3. The van der Waals surface area contributed by atoms with E-state index in [1.807, 2.05) is 12.1 Å². The Kier molecular flexibility index (Phi) is 6.55. The van der Waals surface area contributed by atoms with Gasteiger partial charge in [-0.05, 0) is 60.9 Å². The molecule has 1 aliphatic rings. The molecule has 1 aromatic carbocycles. The quantitative estimate of drug-likeness (QED) is 0.887. The summed E-state index contributed by atoms with van der Waals surface area (Å²) in [4.78, 5) is 2.61. The third-order valence-electron chi connectivity index (χ3n) is 5.10. The number of hydrogen-bond donors (Lipinski definition) is 1. The van der Waals surface area contributed by atoms with Gasteiger partial charge in [0.2, 0.25) is 0 Å². The fourth-order valence-electron chi connectivity index (χ4n) is 3.25. The minimum Gasteiger partial charge on any atom is -0.508 e. The van der Waals surface area contributed by atoms with Gasteiger partial charge in [-0.2, -0.15) is 0 Å². The Balaban J connectivity index is 0.00000220. The Morgan fingerprint density at radius 3 is 2.67 bits per heavy atom. The summed E-state index contributed by atoms with van der Waals surface area (Å²) in [5, 5.41) is 9.73. The lowest BCUT2D eigenvalue weighted by Crippen LogP contribution is -2.47. The second-order valence-electron chi connectivity index (χ2n) is 7.10. The summed E-state index contributed by atoms with van der Waals surface area (Å²) in [6.07, 6.45) is 2.46. The van der Waals surface area contributed by atoms with Gasteiger partial charge in [0.05, 0.1) is 0 Å². The number of piperidine rings is 1. The predicted molar refractivity (Wildman–Crippen MR) is 92.4 cm³/mol. The molecule has 1 saturated heterocycles. The summed E-state index contributed by atoms with van der Waals surface area (Å²) in [7, 11) is 0. The molecule has 2 rings (SSSR count). The average molecular weight is 312 g/mol. The normalized spacial score (nSPS) is 26.6. The van der Waals surface area contributed by atoms with E-state index in [1.54, 1.807) is 6.07 Å². The van der Waals surface area contributed by atoms with Crippen LogP contribution in [0.25, 0.3) is 0 Å². The molecule has 1 fully saturated rings. The molecule has 3 heteroatoms. The Hall–Kier alpha value is -0.730. The first-order valence-electron chi connectivity index (χ1n) is 7.93. The van der Waals surface area contributed by atoms with Crippen molar-refractivity contribution in [3.63, 3.8) is 0 Å². The number of aromatic hydroxyl groups is 1. The lowest BCUT2D eigenvalue weighted by Gasteiger charge is -2.45. The molecule has 1 heterocycles. The molecule has 0 bridgehead atoms. The highest BCUT2D eigenvalue weighted by Gasteiger charge is 2.37. The summed E-state index contributed by atoms with van der Waals surface area (Å²) in [6.45, 7) is 12.9. The molecular weight excluding hydrogens is 282 g/mol. The largest absolute Gasteiger partial charge is 0.508 e. The predicted octanol–water partition coefficient (Wildman–Crippen LogP) is 4.46. The summed E-state index contributed by atoms with van der Waals surface area (Å²) in [6, 6.07) is 7.84. The second kappa shape index (κ2) is 7.51. The summed E-state index contributed by atoms with van der Waals surface area (Å²) < 4.78 is 0. The summed E-state index contributed by atoms with van der Waals surface area (Å²) in [5.74, 6) is 1.79. The zero-order valence-corrected chi connectivity index (χ0v) is 14.6. The van der Waals surface area contributed by atoms with Gasteiger partial charge in [-0.15, -0.1) is 12.4 Å². The SMILES string of the molecule is CC(C)CCN1CCC(C)(c2cccc(O)c2)C(C)C1.Cl. The van der Waals surface area contributed by atoms with E-state index in [4.69, 9.17) is 0 Å². The van der Waals surface area contributed by atoms with Crippen LogP contribution >= 0.6 is 12.4 Å². The molecule has 1 aromatic rings. The smallest absolute Gasteiger partial charge is 0.115 e. The van der Waals surface area contributed by atoms with Crippen molar-refractivity contribution in [2.24, 2.45) is 11.8 Å². The van der Waals surface area contributed by atoms with Crippen molar-refractivity contribution < 1.29 is 5.11 Å². The highest BCUT2D eigenvalue weighted by atomic mass is 35.5. The molecule has 0 aliphatic carbocycles. The molecule has 0 radical (unpaired) electrons. The van der Waals surface area contributed by atoms with Gasteiger partial charge >= 0.3 is 0 Å². The molecule has 2 atom stereocenters. The van der Waals surface area contributed by atoms with Crippen molar-refractivity contribution in [2.45, 2.75) is 46.0 Å². The van der Waals surface area contributed by atoms with Crippen molar-refractivity contribution in [1.82, 2.24) is 4.90 Å². The van der Waals surface area contributed by atoms with Crippen molar-refractivity contribution in [2.75, 3.05) is 19.6 Å². The molecule has 2 nitrogen and oxygen atoms in total. The number of likely N-dealkylation sites (tertiary alicyclic amines) is 1. The standard InChI is InChI=1S/C18H29NO.ClH/c1-14(2)8-10-19-11-9-18(4,15(3)13-19)16-6-5-7-17(20)12-16;/h5-7,12,14-15,20H,8-11,13H2,1-4H3;1H. The van der Waals surface area contributed by atoms with E-state index in [1.165, 1.54) is 38.0 Å².